The smallest absolute Gasteiger partial charge is 0.0351 e. The predicted octanol–water partition coefficient (Wildman–Crippen LogP) is 4.09. The van der Waals surface area contributed by atoms with Gasteiger partial charge >= 0.3 is 0 Å². The van der Waals surface area contributed by atoms with Gasteiger partial charge in [-0.1, -0.05) is 31.1 Å². The van der Waals surface area contributed by atoms with Gasteiger partial charge in [-0.25, -0.2) is 0 Å². The fourth-order valence-electron chi connectivity index (χ4n) is 1.07. The molecular formula is C11H20. The Morgan fingerprint density at radius 2 is 1.64 bits per heavy atom. The monoisotopic (exact) mass is 152 g/mol. The maximum atomic E-state index is 3.70. The van der Waals surface area contributed by atoms with Crippen molar-refractivity contribution in [2.75, 3.05) is 0 Å². The van der Waals surface area contributed by atoms with Gasteiger partial charge in [0.15, 0.2) is 0 Å². The first kappa shape index (κ1) is 10.5. The van der Waals surface area contributed by atoms with Crippen LogP contribution < -0.4 is 0 Å². The highest BCUT2D eigenvalue weighted by Gasteiger charge is 1.85. The van der Waals surface area contributed by atoms with E-state index >= 15 is 0 Å². The number of hydrogen-bond acceptors (Lipinski definition) is 0. The van der Waals surface area contributed by atoms with Gasteiger partial charge in [-0.3, -0.25) is 0 Å². The second-order valence-electron chi connectivity index (χ2n) is 2.85. The maximum absolute atomic E-state index is 3.70. The van der Waals surface area contributed by atoms with E-state index in [9.17, 15) is 0 Å². The van der Waals surface area contributed by atoms with Crippen LogP contribution >= 0.6 is 0 Å². The van der Waals surface area contributed by atoms with Crippen molar-refractivity contribution in [1.29, 1.82) is 0 Å². The van der Waals surface area contributed by atoms with E-state index in [1.54, 1.807) is 0 Å². The third-order valence-corrected chi connectivity index (χ3v) is 1.76. The Hall–Kier alpha value is -0.520. The lowest BCUT2D eigenvalue weighted by Crippen LogP contribution is -1.75. The standard InChI is InChI=1S/C11H20/c1-3-5-7-9-11-10-8-6-4-2/h3-4,6H,1,5,7-11H2,2H3/b6-4-. The Kier molecular flexibility index (Phi) is 9.03. The van der Waals surface area contributed by atoms with Crippen LogP contribution in [0.3, 0.4) is 0 Å². The second-order valence-corrected chi connectivity index (χ2v) is 2.85. The van der Waals surface area contributed by atoms with Gasteiger partial charge in [-0.15, -0.1) is 6.58 Å². The van der Waals surface area contributed by atoms with Crippen LogP contribution in [0.5, 0.6) is 0 Å². The Balaban J connectivity index is 2.84. The normalized spacial score (nSPS) is 10.6. The van der Waals surface area contributed by atoms with Crippen molar-refractivity contribution < 1.29 is 0 Å². The Morgan fingerprint density at radius 3 is 2.18 bits per heavy atom. The molecule has 0 aliphatic heterocycles. The molecule has 0 atom stereocenters. The largest absolute Gasteiger partial charge is 0.103 e. The Morgan fingerprint density at radius 1 is 1.00 bits per heavy atom. The third kappa shape index (κ3) is 9.48. The molecule has 0 bridgehead atoms. The molecule has 0 spiro atoms. The summed E-state index contributed by atoms with van der Waals surface area (Å²) in [5.41, 5.74) is 0. The molecule has 0 rings (SSSR count). The van der Waals surface area contributed by atoms with Crippen molar-refractivity contribution in [2.24, 2.45) is 0 Å². The van der Waals surface area contributed by atoms with Crippen LogP contribution in [0, 0.1) is 0 Å². The van der Waals surface area contributed by atoms with Crippen LogP contribution in [0.15, 0.2) is 24.8 Å². The van der Waals surface area contributed by atoms with Crippen molar-refractivity contribution in [1.82, 2.24) is 0 Å². The average molecular weight is 152 g/mol. The van der Waals surface area contributed by atoms with Gasteiger partial charge in [0.05, 0.1) is 0 Å². The first-order chi connectivity index (χ1) is 5.41. The zero-order chi connectivity index (χ0) is 8.36. The van der Waals surface area contributed by atoms with Gasteiger partial charge in [0.1, 0.15) is 0 Å². The summed E-state index contributed by atoms with van der Waals surface area (Å²) < 4.78 is 0. The number of allylic oxidation sites excluding steroid dienone is 3. The number of rotatable bonds is 7. The van der Waals surface area contributed by atoms with Gasteiger partial charge in [-0.2, -0.15) is 0 Å². The molecule has 0 N–H and O–H groups in total. The van der Waals surface area contributed by atoms with Crippen LogP contribution in [0.1, 0.15) is 45.4 Å². The summed E-state index contributed by atoms with van der Waals surface area (Å²) in [5, 5.41) is 0. The minimum absolute atomic E-state index is 1.18. The lowest BCUT2D eigenvalue weighted by molar-refractivity contribution is 0.652. The first-order valence-corrected chi connectivity index (χ1v) is 4.64. The van der Waals surface area contributed by atoms with Crippen LogP contribution in [0.2, 0.25) is 0 Å². The fraction of sp³-hybridized carbons (Fsp3) is 0.636. The molecule has 0 unspecified atom stereocenters. The van der Waals surface area contributed by atoms with Crippen LogP contribution in [0.25, 0.3) is 0 Å². The van der Waals surface area contributed by atoms with E-state index in [0.717, 1.165) is 0 Å². The van der Waals surface area contributed by atoms with Gasteiger partial charge in [0.25, 0.3) is 0 Å². The molecule has 11 heavy (non-hydrogen) atoms. The zero-order valence-electron chi connectivity index (χ0n) is 7.68. The topological polar surface area (TPSA) is 0 Å². The lowest BCUT2D eigenvalue weighted by atomic mass is 10.1. The molecule has 0 nitrogen and oxygen atoms in total. The predicted molar refractivity (Wildman–Crippen MR) is 52.7 cm³/mol. The molecule has 0 heteroatoms. The SMILES string of the molecule is C=CCCCCCC/C=C\C. The minimum atomic E-state index is 1.18. The van der Waals surface area contributed by atoms with Gasteiger partial charge in [0.2, 0.25) is 0 Å². The molecule has 0 aliphatic carbocycles. The van der Waals surface area contributed by atoms with Crippen molar-refractivity contribution in [3.05, 3.63) is 24.8 Å². The van der Waals surface area contributed by atoms with E-state index in [0.29, 0.717) is 0 Å². The summed E-state index contributed by atoms with van der Waals surface area (Å²) in [6.45, 7) is 5.78. The van der Waals surface area contributed by atoms with Gasteiger partial charge in [0, 0.05) is 0 Å². The summed E-state index contributed by atoms with van der Waals surface area (Å²) in [7, 11) is 0. The summed E-state index contributed by atoms with van der Waals surface area (Å²) in [6, 6.07) is 0. The highest BCUT2D eigenvalue weighted by molar-refractivity contribution is 4.76. The Bertz CT molecular complexity index is 101. The summed E-state index contributed by atoms with van der Waals surface area (Å²) in [5.74, 6) is 0. The minimum Gasteiger partial charge on any atom is -0.103 e. The van der Waals surface area contributed by atoms with Crippen molar-refractivity contribution in [2.45, 2.75) is 45.4 Å². The van der Waals surface area contributed by atoms with Crippen LogP contribution in [-0.4, -0.2) is 0 Å². The molecule has 0 fully saturated rings. The van der Waals surface area contributed by atoms with E-state index in [2.05, 4.69) is 25.7 Å². The molecule has 0 radical (unpaired) electrons. The van der Waals surface area contributed by atoms with E-state index in [1.165, 1.54) is 38.5 Å². The molecule has 0 aliphatic rings. The molecule has 0 aromatic carbocycles. The van der Waals surface area contributed by atoms with Gasteiger partial charge < -0.3 is 0 Å². The molecule has 0 amide bonds. The van der Waals surface area contributed by atoms with Crippen LogP contribution in [-0.2, 0) is 0 Å². The van der Waals surface area contributed by atoms with E-state index in [-0.39, 0.29) is 0 Å². The first-order valence-electron chi connectivity index (χ1n) is 4.64. The lowest BCUT2D eigenvalue weighted by Gasteiger charge is -1.95. The van der Waals surface area contributed by atoms with Crippen molar-refractivity contribution in [3.8, 4) is 0 Å². The Labute approximate surface area is 71.0 Å². The fourth-order valence-corrected chi connectivity index (χ4v) is 1.07. The summed E-state index contributed by atoms with van der Waals surface area (Å²) in [6.07, 6.45) is 14.2. The van der Waals surface area contributed by atoms with E-state index in [1.807, 2.05) is 6.08 Å². The highest BCUT2D eigenvalue weighted by Crippen LogP contribution is 2.05. The molecule has 0 saturated carbocycles. The van der Waals surface area contributed by atoms with Crippen molar-refractivity contribution in [3.63, 3.8) is 0 Å². The molecule has 64 valence electrons. The van der Waals surface area contributed by atoms with E-state index < -0.39 is 0 Å². The quantitative estimate of drug-likeness (QED) is 0.381. The maximum Gasteiger partial charge on any atom is -0.0351 e. The average Bonchev–Trinajstić information content (AvgIpc) is 2.03. The molecule has 0 aromatic rings. The number of hydrogen-bond donors (Lipinski definition) is 0. The van der Waals surface area contributed by atoms with Crippen molar-refractivity contribution >= 4 is 0 Å². The molecule has 0 heterocycles. The van der Waals surface area contributed by atoms with Crippen LogP contribution in [0.4, 0.5) is 0 Å². The molecule has 0 aromatic heterocycles. The molecule has 0 saturated heterocycles. The third-order valence-electron chi connectivity index (χ3n) is 1.76. The molecular weight excluding hydrogens is 132 g/mol. The summed E-state index contributed by atoms with van der Waals surface area (Å²) >= 11 is 0. The highest BCUT2D eigenvalue weighted by atomic mass is 13.9. The summed E-state index contributed by atoms with van der Waals surface area (Å²) in [4.78, 5) is 0. The zero-order valence-corrected chi connectivity index (χ0v) is 7.68. The van der Waals surface area contributed by atoms with Gasteiger partial charge in [-0.05, 0) is 32.6 Å². The van der Waals surface area contributed by atoms with E-state index in [4.69, 9.17) is 0 Å². The second kappa shape index (κ2) is 9.48. The number of unbranched alkanes of at least 4 members (excludes halogenated alkanes) is 5.